The van der Waals surface area contributed by atoms with Crippen LogP contribution in [0.5, 0.6) is 0 Å². The molecule has 2 heterocycles. The molecule has 2 N–H and O–H groups in total. The molecule has 1 atom stereocenters. The normalized spacial score (nSPS) is 13.8. The summed E-state index contributed by atoms with van der Waals surface area (Å²) in [6, 6.07) is 21.5. The molecule has 1 aliphatic heterocycles. The number of carbonyl (C=O) groups excluding carboxylic acids is 2. The summed E-state index contributed by atoms with van der Waals surface area (Å²) in [4.78, 5) is 32.2. The van der Waals surface area contributed by atoms with E-state index >= 15 is 0 Å². The second-order valence-corrected chi connectivity index (χ2v) is 9.13. The van der Waals surface area contributed by atoms with Gasteiger partial charge in [-0.3, -0.25) is 9.59 Å². The van der Waals surface area contributed by atoms with Crippen LogP contribution in [0.3, 0.4) is 0 Å². The van der Waals surface area contributed by atoms with Crippen LogP contribution >= 0.6 is 0 Å². The van der Waals surface area contributed by atoms with Gasteiger partial charge in [-0.15, -0.1) is 0 Å². The molecule has 2 amide bonds. The Morgan fingerprint density at radius 3 is 2.38 bits per heavy atom. The lowest BCUT2D eigenvalue weighted by Crippen LogP contribution is -2.49. The zero-order valence-electron chi connectivity index (χ0n) is 19.8. The number of hydrogen-bond donors (Lipinski definition) is 2. The molecule has 0 aliphatic carbocycles. The van der Waals surface area contributed by atoms with Crippen molar-refractivity contribution in [2.75, 3.05) is 11.4 Å². The number of rotatable bonds is 8. The lowest BCUT2D eigenvalue weighted by molar-refractivity contribution is -0.129. The minimum Gasteiger partial charge on any atom is -0.352 e. The minimum atomic E-state index is -0.586. The van der Waals surface area contributed by atoms with Crippen LogP contribution in [0.15, 0.2) is 72.9 Å². The van der Waals surface area contributed by atoms with E-state index < -0.39 is 6.04 Å². The third-order valence-electron chi connectivity index (χ3n) is 6.20. The molecular formula is C28H32N4O2. The van der Waals surface area contributed by atoms with E-state index in [0.717, 1.165) is 36.5 Å². The van der Waals surface area contributed by atoms with Crippen molar-refractivity contribution in [3.05, 3.63) is 95.2 Å². The average molecular weight is 457 g/mol. The van der Waals surface area contributed by atoms with Gasteiger partial charge in [-0.25, -0.2) is 4.98 Å². The van der Waals surface area contributed by atoms with Crippen molar-refractivity contribution in [3.63, 3.8) is 0 Å². The van der Waals surface area contributed by atoms with Crippen molar-refractivity contribution in [1.29, 1.82) is 0 Å². The number of anilines is 1. The van der Waals surface area contributed by atoms with E-state index in [1.807, 2.05) is 62.5 Å². The summed E-state index contributed by atoms with van der Waals surface area (Å²) in [6.07, 6.45) is 3.08. The fourth-order valence-corrected chi connectivity index (χ4v) is 4.24. The van der Waals surface area contributed by atoms with Crippen molar-refractivity contribution in [3.8, 4) is 0 Å². The first-order valence-electron chi connectivity index (χ1n) is 11.9. The highest BCUT2D eigenvalue weighted by molar-refractivity contribution is 5.88. The Kier molecular flexibility index (Phi) is 7.58. The van der Waals surface area contributed by atoms with Gasteiger partial charge in [0.2, 0.25) is 11.8 Å². The Hall–Kier alpha value is -3.67. The van der Waals surface area contributed by atoms with Crippen molar-refractivity contribution in [2.24, 2.45) is 5.92 Å². The fraction of sp³-hybridized carbons (Fsp3) is 0.321. The Bertz CT molecular complexity index is 1110. The van der Waals surface area contributed by atoms with Gasteiger partial charge in [0.25, 0.3) is 0 Å². The Morgan fingerprint density at radius 1 is 0.941 bits per heavy atom. The van der Waals surface area contributed by atoms with Crippen LogP contribution in [0, 0.1) is 5.92 Å². The molecule has 4 rings (SSSR count). The number of pyridine rings is 1. The zero-order chi connectivity index (χ0) is 23.9. The molecule has 0 saturated heterocycles. The van der Waals surface area contributed by atoms with Crippen molar-refractivity contribution in [1.82, 2.24) is 15.6 Å². The molecule has 2 aromatic carbocycles. The molecular weight excluding hydrogens is 424 g/mol. The molecule has 6 nitrogen and oxygen atoms in total. The molecule has 1 unspecified atom stereocenters. The average Bonchev–Trinajstić information content (AvgIpc) is 2.86. The first-order chi connectivity index (χ1) is 16.5. The molecule has 0 saturated carbocycles. The van der Waals surface area contributed by atoms with Crippen LogP contribution < -0.4 is 15.5 Å². The third-order valence-corrected chi connectivity index (χ3v) is 6.20. The van der Waals surface area contributed by atoms with Crippen LogP contribution in [0.2, 0.25) is 0 Å². The lowest BCUT2D eigenvalue weighted by Gasteiger charge is -2.29. The topological polar surface area (TPSA) is 74.3 Å². The van der Waals surface area contributed by atoms with Crippen LogP contribution in [-0.2, 0) is 35.5 Å². The van der Waals surface area contributed by atoms with Crippen LogP contribution in [0.1, 0.15) is 36.1 Å². The molecule has 0 spiro atoms. The molecule has 0 radical (unpaired) electrons. The molecule has 1 aromatic heterocycles. The van der Waals surface area contributed by atoms with Crippen LogP contribution in [0.4, 0.5) is 5.82 Å². The van der Waals surface area contributed by atoms with Gasteiger partial charge >= 0.3 is 0 Å². The number of aromatic nitrogens is 1. The highest BCUT2D eigenvalue weighted by Crippen LogP contribution is 2.23. The van der Waals surface area contributed by atoms with Gasteiger partial charge in [-0.2, -0.15) is 0 Å². The number of amides is 2. The van der Waals surface area contributed by atoms with Gasteiger partial charge in [-0.1, -0.05) is 74.5 Å². The van der Waals surface area contributed by atoms with E-state index in [9.17, 15) is 9.59 Å². The number of nitrogens with zero attached hydrogens (tertiary/aromatic N) is 2. The summed E-state index contributed by atoms with van der Waals surface area (Å²) in [7, 11) is 0. The van der Waals surface area contributed by atoms with E-state index in [0.29, 0.717) is 6.54 Å². The summed E-state index contributed by atoms with van der Waals surface area (Å²) in [5.74, 6) is 0.572. The van der Waals surface area contributed by atoms with Crippen molar-refractivity contribution >= 4 is 17.6 Å². The number of benzene rings is 2. The first-order valence-corrected chi connectivity index (χ1v) is 11.9. The van der Waals surface area contributed by atoms with Crippen LogP contribution in [-0.4, -0.2) is 29.4 Å². The molecule has 0 fully saturated rings. The summed E-state index contributed by atoms with van der Waals surface area (Å²) >= 11 is 0. The van der Waals surface area contributed by atoms with Gasteiger partial charge in [-0.05, 0) is 40.7 Å². The maximum Gasteiger partial charge on any atom is 0.243 e. The zero-order valence-corrected chi connectivity index (χ0v) is 19.8. The fourth-order valence-electron chi connectivity index (χ4n) is 4.24. The third kappa shape index (κ3) is 6.01. The van der Waals surface area contributed by atoms with E-state index in [2.05, 4.69) is 44.8 Å². The molecule has 6 heteroatoms. The standard InChI is InChI=1S/C28H32N4O2/c1-20(2)27(31-26(33)16-21-8-4-3-5-9-21)28(34)30-18-22-12-13-25(29-17-22)32-15-14-23-10-6-7-11-24(23)19-32/h3-13,17,20,27H,14-16,18-19H2,1-2H3,(H,30,34)(H,31,33). The van der Waals surface area contributed by atoms with Gasteiger partial charge in [0.05, 0.1) is 6.42 Å². The smallest absolute Gasteiger partial charge is 0.243 e. The summed E-state index contributed by atoms with van der Waals surface area (Å²) in [6.45, 7) is 6.03. The Balaban J connectivity index is 1.30. The highest BCUT2D eigenvalue weighted by Gasteiger charge is 2.24. The van der Waals surface area contributed by atoms with Gasteiger partial charge in [0, 0.05) is 25.8 Å². The number of carbonyl (C=O) groups is 2. The quantitative estimate of drug-likeness (QED) is 0.543. The molecule has 1 aliphatic rings. The monoisotopic (exact) mass is 456 g/mol. The lowest BCUT2D eigenvalue weighted by atomic mass is 10.00. The van der Waals surface area contributed by atoms with Crippen molar-refractivity contribution in [2.45, 2.75) is 45.8 Å². The maximum absolute atomic E-state index is 12.8. The van der Waals surface area contributed by atoms with Gasteiger partial charge in [0.1, 0.15) is 11.9 Å². The second-order valence-electron chi connectivity index (χ2n) is 9.13. The number of nitrogens with one attached hydrogen (secondary N) is 2. The predicted molar refractivity (Wildman–Crippen MR) is 134 cm³/mol. The number of hydrogen-bond acceptors (Lipinski definition) is 4. The largest absolute Gasteiger partial charge is 0.352 e. The number of fused-ring (bicyclic) bond motifs is 1. The van der Waals surface area contributed by atoms with E-state index in [1.54, 1.807) is 0 Å². The van der Waals surface area contributed by atoms with Crippen LogP contribution in [0.25, 0.3) is 0 Å². The van der Waals surface area contributed by atoms with Gasteiger partial charge in [0.15, 0.2) is 0 Å². The SMILES string of the molecule is CC(C)C(NC(=O)Cc1ccccc1)C(=O)NCc1ccc(N2CCc3ccccc3C2)nc1. The molecule has 34 heavy (non-hydrogen) atoms. The summed E-state index contributed by atoms with van der Waals surface area (Å²) < 4.78 is 0. The Morgan fingerprint density at radius 2 is 1.68 bits per heavy atom. The Labute approximate surface area is 201 Å². The summed E-state index contributed by atoms with van der Waals surface area (Å²) in [5.41, 5.74) is 4.61. The van der Waals surface area contributed by atoms with Crippen molar-refractivity contribution < 1.29 is 9.59 Å². The second kappa shape index (κ2) is 11.0. The maximum atomic E-state index is 12.8. The minimum absolute atomic E-state index is 0.0257. The molecule has 176 valence electrons. The van der Waals surface area contributed by atoms with E-state index in [1.165, 1.54) is 11.1 Å². The summed E-state index contributed by atoms with van der Waals surface area (Å²) in [5, 5.41) is 5.84. The van der Waals surface area contributed by atoms with Gasteiger partial charge < -0.3 is 15.5 Å². The predicted octanol–water partition coefficient (Wildman–Crippen LogP) is 3.64. The van der Waals surface area contributed by atoms with E-state index in [-0.39, 0.29) is 24.2 Å². The molecule has 0 bridgehead atoms. The first kappa shape index (κ1) is 23.5. The van der Waals surface area contributed by atoms with E-state index in [4.69, 9.17) is 0 Å². The highest BCUT2D eigenvalue weighted by atomic mass is 16.2. The molecule has 3 aromatic rings.